The van der Waals surface area contributed by atoms with E-state index in [1.807, 2.05) is 20.8 Å². The number of sulfone groups is 1. The third-order valence-electron chi connectivity index (χ3n) is 2.34. The Morgan fingerprint density at radius 3 is 1.76 bits per heavy atom. The molecule has 0 aliphatic carbocycles. The first kappa shape index (κ1) is 14.4. The number of alkyl halides is 3. The lowest BCUT2D eigenvalue weighted by Crippen LogP contribution is -2.22. The molecule has 6 heteroatoms. The quantitative estimate of drug-likeness (QED) is 0.777. The van der Waals surface area contributed by atoms with Crippen molar-refractivity contribution in [2.75, 3.05) is 0 Å². The molecule has 2 nitrogen and oxygen atoms in total. The second-order valence-corrected chi connectivity index (χ2v) is 7.41. The Hall–Kier alpha value is -0.680. The second kappa shape index (κ2) is 4.21. The Labute approximate surface area is 105 Å². The van der Waals surface area contributed by atoms with Crippen LogP contribution >= 0.6 is 11.6 Å². The van der Waals surface area contributed by atoms with Gasteiger partial charge in [-0.2, -0.15) is 8.78 Å². The lowest BCUT2D eigenvalue weighted by molar-refractivity contribution is 0.187. The zero-order valence-electron chi connectivity index (χ0n) is 9.67. The zero-order chi connectivity index (χ0) is 13.5. The predicted octanol–water partition coefficient (Wildman–Crippen LogP) is 3.55. The van der Waals surface area contributed by atoms with E-state index in [0.717, 1.165) is 17.7 Å². The van der Waals surface area contributed by atoms with E-state index < -0.39 is 19.4 Å². The highest BCUT2D eigenvalue weighted by Gasteiger charge is 2.44. The molecule has 0 radical (unpaired) electrons. The first-order valence-electron chi connectivity index (χ1n) is 4.88. The third-order valence-corrected chi connectivity index (χ3v) is 4.45. The maximum atomic E-state index is 12.7. The minimum atomic E-state index is -4.81. The van der Waals surface area contributed by atoms with Crippen LogP contribution in [-0.2, 0) is 15.3 Å². The normalized spacial score (nSPS) is 16.6. The van der Waals surface area contributed by atoms with Gasteiger partial charge in [-0.1, -0.05) is 32.9 Å². The van der Waals surface area contributed by atoms with Gasteiger partial charge in [0.1, 0.15) is 0 Å². The number of benzene rings is 1. The average molecular weight is 282 g/mol. The van der Waals surface area contributed by atoms with Gasteiger partial charge in [0, 0.05) is 0 Å². The van der Waals surface area contributed by atoms with Crippen molar-refractivity contribution in [2.45, 2.75) is 35.8 Å². The lowest BCUT2D eigenvalue weighted by Gasteiger charge is -2.19. The minimum Gasteiger partial charge on any atom is -0.216 e. The molecule has 1 rings (SSSR count). The van der Waals surface area contributed by atoms with Crippen LogP contribution in [0, 0.1) is 0 Å². The van der Waals surface area contributed by atoms with Crippen molar-refractivity contribution in [3.05, 3.63) is 29.8 Å². The standard InChI is InChI=1S/C11H13ClF2O2S/c1-10(2,3)8-4-6-9(7-5-8)17(15,16)11(12,13)14/h4-7H,1-3H3/i13-1. The van der Waals surface area contributed by atoms with Crippen LogP contribution in [0.25, 0.3) is 0 Å². The van der Waals surface area contributed by atoms with Crippen molar-refractivity contribution in [3.8, 4) is 0 Å². The van der Waals surface area contributed by atoms with E-state index in [1.165, 1.54) is 12.1 Å². The van der Waals surface area contributed by atoms with E-state index in [9.17, 15) is 17.2 Å². The SMILES string of the molecule is CC(C)(C)c1ccc(S(=O)(=O)C(F)([18F])Cl)cc1. The summed E-state index contributed by atoms with van der Waals surface area (Å²) < 4.78 is 43.8. The summed E-state index contributed by atoms with van der Waals surface area (Å²) in [5.74, 6) is 0. The minimum absolute atomic E-state index is 0.175. The summed E-state index contributed by atoms with van der Waals surface area (Å²) >= 11 is 4.57. The Morgan fingerprint density at radius 1 is 1.06 bits per heavy atom. The van der Waals surface area contributed by atoms with Crippen molar-refractivity contribution >= 4 is 21.4 Å². The molecule has 17 heavy (non-hydrogen) atoms. The predicted molar refractivity (Wildman–Crippen MR) is 63.1 cm³/mol. The fourth-order valence-electron chi connectivity index (χ4n) is 1.27. The Balaban J connectivity index is 3.22. The van der Waals surface area contributed by atoms with Gasteiger partial charge in [0.25, 0.3) is 9.84 Å². The first-order valence-corrected chi connectivity index (χ1v) is 6.74. The van der Waals surface area contributed by atoms with Gasteiger partial charge in [-0.25, -0.2) is 8.42 Å². The maximum absolute atomic E-state index is 12.7. The molecule has 1 atom stereocenters. The molecule has 0 aliphatic rings. The molecule has 0 heterocycles. The smallest absolute Gasteiger partial charge is 0.216 e. The van der Waals surface area contributed by atoms with Crippen LogP contribution < -0.4 is 0 Å². The largest absolute Gasteiger partial charge is 0.427 e. The molecule has 1 aromatic rings. The van der Waals surface area contributed by atoms with Crippen LogP contribution in [-0.4, -0.2) is 13.1 Å². The molecule has 0 bridgehead atoms. The van der Waals surface area contributed by atoms with Gasteiger partial charge in [-0.3, -0.25) is 0 Å². The molecule has 0 saturated carbocycles. The number of rotatable bonds is 2. The Kier molecular flexibility index (Phi) is 3.56. The van der Waals surface area contributed by atoms with Crippen LogP contribution in [0.15, 0.2) is 29.2 Å². The van der Waals surface area contributed by atoms with Gasteiger partial charge in [0.2, 0.25) is 0 Å². The van der Waals surface area contributed by atoms with E-state index in [4.69, 9.17) is 0 Å². The Bertz CT molecular complexity index is 496. The van der Waals surface area contributed by atoms with E-state index in [2.05, 4.69) is 11.6 Å². The summed E-state index contributed by atoms with van der Waals surface area (Å²) in [6, 6.07) is 5.31. The molecule has 96 valence electrons. The van der Waals surface area contributed by atoms with E-state index in [1.54, 1.807) is 0 Å². The first-order chi connectivity index (χ1) is 7.46. The zero-order valence-corrected chi connectivity index (χ0v) is 11.2. The second-order valence-electron chi connectivity index (χ2n) is 4.72. The van der Waals surface area contributed by atoms with Crippen LogP contribution in [0.1, 0.15) is 26.3 Å². The van der Waals surface area contributed by atoms with Crippen LogP contribution in [0.5, 0.6) is 0 Å². The summed E-state index contributed by atoms with van der Waals surface area (Å²) in [5.41, 5.74) is 0.681. The van der Waals surface area contributed by atoms with Crippen LogP contribution in [0.4, 0.5) is 8.78 Å². The molecular weight excluding hydrogens is 269 g/mol. The van der Waals surface area contributed by atoms with Gasteiger partial charge in [0.05, 0.1) is 4.90 Å². The van der Waals surface area contributed by atoms with Crippen molar-refractivity contribution in [1.29, 1.82) is 0 Å². The highest BCUT2D eigenvalue weighted by Crippen LogP contribution is 2.33. The molecule has 0 N–H and O–H groups in total. The highest BCUT2D eigenvalue weighted by atomic mass is 35.5. The summed E-state index contributed by atoms with van der Waals surface area (Å²) in [6.45, 7) is 5.81. The molecule has 0 fully saturated rings. The van der Waals surface area contributed by atoms with Crippen molar-refractivity contribution in [3.63, 3.8) is 0 Å². The van der Waals surface area contributed by atoms with E-state index in [0.29, 0.717) is 0 Å². The van der Waals surface area contributed by atoms with Gasteiger partial charge in [0.15, 0.2) is 0 Å². The van der Waals surface area contributed by atoms with Crippen LogP contribution in [0.3, 0.4) is 0 Å². The number of hydrogen-bond donors (Lipinski definition) is 0. The Morgan fingerprint density at radius 2 is 1.47 bits per heavy atom. The monoisotopic (exact) mass is 281 g/mol. The third kappa shape index (κ3) is 2.96. The summed E-state index contributed by atoms with van der Waals surface area (Å²) in [5, 5.41) is 0. The maximum Gasteiger partial charge on any atom is 0.427 e. The van der Waals surface area contributed by atoms with Gasteiger partial charge < -0.3 is 0 Å². The fourth-order valence-corrected chi connectivity index (χ4v) is 2.30. The fraction of sp³-hybridized carbons (Fsp3) is 0.455. The average Bonchev–Trinajstić information content (AvgIpc) is 2.15. The topological polar surface area (TPSA) is 34.1 Å². The van der Waals surface area contributed by atoms with Gasteiger partial charge in [-0.15, -0.1) is 0 Å². The number of halogens is 3. The van der Waals surface area contributed by atoms with Gasteiger partial charge in [-0.05, 0) is 34.7 Å². The lowest BCUT2D eigenvalue weighted by atomic mass is 9.87. The van der Waals surface area contributed by atoms with Crippen molar-refractivity contribution < 1.29 is 17.2 Å². The molecule has 0 saturated heterocycles. The van der Waals surface area contributed by atoms with Crippen molar-refractivity contribution in [1.82, 2.24) is 0 Å². The molecule has 0 aliphatic heterocycles. The molecule has 1 unspecified atom stereocenters. The summed E-state index contributed by atoms with van der Waals surface area (Å²) in [6.07, 6.45) is 0. The van der Waals surface area contributed by atoms with E-state index >= 15 is 0 Å². The molecule has 1 aromatic carbocycles. The molecular formula is C11H13ClF2O2S. The summed E-state index contributed by atoms with van der Waals surface area (Å²) in [7, 11) is -4.81. The highest BCUT2D eigenvalue weighted by molar-refractivity contribution is 7.93. The van der Waals surface area contributed by atoms with E-state index in [-0.39, 0.29) is 5.41 Å². The molecule has 0 amide bonds. The van der Waals surface area contributed by atoms with Gasteiger partial charge >= 0.3 is 4.71 Å². The number of hydrogen-bond acceptors (Lipinski definition) is 2. The molecule has 0 aromatic heterocycles. The molecule has 0 spiro atoms. The van der Waals surface area contributed by atoms with Crippen LogP contribution in [0.2, 0.25) is 0 Å². The van der Waals surface area contributed by atoms with Crippen molar-refractivity contribution in [2.24, 2.45) is 0 Å². The summed E-state index contributed by atoms with van der Waals surface area (Å²) in [4.78, 5) is -0.481.